The van der Waals surface area contributed by atoms with Gasteiger partial charge in [-0.25, -0.2) is 4.79 Å². The number of rotatable bonds is 7. The fourth-order valence-electron chi connectivity index (χ4n) is 2.04. The van der Waals surface area contributed by atoms with E-state index in [-0.39, 0.29) is 19.7 Å². The first kappa shape index (κ1) is 20.2. The van der Waals surface area contributed by atoms with Crippen LogP contribution < -0.4 is 10.6 Å². The molecule has 5 nitrogen and oxygen atoms in total. The van der Waals surface area contributed by atoms with Crippen LogP contribution in [0.1, 0.15) is 25.0 Å². The molecule has 8 heteroatoms. The van der Waals surface area contributed by atoms with Crippen molar-refractivity contribution in [1.82, 2.24) is 10.6 Å². The van der Waals surface area contributed by atoms with Crippen LogP contribution in [0.2, 0.25) is 0 Å². The van der Waals surface area contributed by atoms with Gasteiger partial charge < -0.3 is 20.5 Å². The van der Waals surface area contributed by atoms with Crippen LogP contribution in [0, 0.1) is 0 Å². The lowest BCUT2D eigenvalue weighted by Gasteiger charge is -2.26. The average Bonchev–Trinajstić information content (AvgIpc) is 2.50. The van der Waals surface area contributed by atoms with Gasteiger partial charge in [-0.3, -0.25) is 0 Å². The van der Waals surface area contributed by atoms with E-state index < -0.39 is 29.3 Å². The molecule has 136 valence electrons. The first-order chi connectivity index (χ1) is 11.1. The molecule has 0 spiro atoms. The molecule has 0 saturated heterocycles. The van der Waals surface area contributed by atoms with Crippen molar-refractivity contribution < 1.29 is 27.8 Å². The van der Waals surface area contributed by atoms with Gasteiger partial charge in [0.1, 0.15) is 0 Å². The van der Waals surface area contributed by atoms with Gasteiger partial charge >= 0.3 is 12.2 Å². The van der Waals surface area contributed by atoms with Gasteiger partial charge in [-0.2, -0.15) is 13.2 Å². The highest BCUT2D eigenvalue weighted by molar-refractivity contribution is 5.74. The Hall–Kier alpha value is -1.80. The van der Waals surface area contributed by atoms with Gasteiger partial charge in [-0.05, 0) is 11.6 Å². The van der Waals surface area contributed by atoms with Crippen molar-refractivity contribution in [1.29, 1.82) is 0 Å². The van der Waals surface area contributed by atoms with Crippen molar-refractivity contribution in [3.63, 3.8) is 0 Å². The molecule has 0 aromatic heterocycles. The van der Waals surface area contributed by atoms with Crippen molar-refractivity contribution in [2.75, 3.05) is 26.8 Å². The fourth-order valence-corrected chi connectivity index (χ4v) is 2.04. The van der Waals surface area contributed by atoms with Gasteiger partial charge in [0.25, 0.3) is 0 Å². The maximum atomic E-state index is 12.8. The molecule has 0 aliphatic rings. The fraction of sp³-hybridized carbons (Fsp3) is 0.562. The van der Waals surface area contributed by atoms with Gasteiger partial charge in [0.05, 0.1) is 18.3 Å². The first-order valence-electron chi connectivity index (χ1n) is 7.42. The average molecular weight is 348 g/mol. The summed E-state index contributed by atoms with van der Waals surface area (Å²) in [5.41, 5.74) is -0.943. The molecule has 0 heterocycles. The SMILES string of the molecule is COCC(O)CNC(=O)NCC(C)(C)c1cccc(C(F)(F)F)c1. The molecular formula is C16H23F3N2O3. The summed E-state index contributed by atoms with van der Waals surface area (Å²) in [6.07, 6.45) is -5.23. The highest BCUT2D eigenvalue weighted by atomic mass is 19.4. The van der Waals surface area contributed by atoms with Crippen LogP contribution in [-0.2, 0) is 16.3 Å². The summed E-state index contributed by atoms with van der Waals surface area (Å²) in [6, 6.07) is 4.53. The zero-order valence-electron chi connectivity index (χ0n) is 13.9. The largest absolute Gasteiger partial charge is 0.416 e. The number of halogens is 3. The molecular weight excluding hydrogens is 325 g/mol. The van der Waals surface area contributed by atoms with Crippen molar-refractivity contribution in [2.45, 2.75) is 31.5 Å². The second kappa shape index (κ2) is 8.34. The Bertz CT molecular complexity index is 548. The maximum Gasteiger partial charge on any atom is 0.416 e. The predicted octanol–water partition coefficient (Wildman–Crippen LogP) is 2.29. The Kier molecular flexibility index (Phi) is 7.04. The number of carbonyl (C=O) groups excluding carboxylic acids is 1. The van der Waals surface area contributed by atoms with Gasteiger partial charge in [0.15, 0.2) is 0 Å². The number of benzene rings is 1. The molecule has 0 aliphatic carbocycles. The molecule has 1 rings (SSSR count). The summed E-state index contributed by atoms with van der Waals surface area (Å²) >= 11 is 0. The minimum absolute atomic E-state index is 0.0175. The number of hydrogen-bond acceptors (Lipinski definition) is 3. The summed E-state index contributed by atoms with van der Waals surface area (Å²) < 4.78 is 43.1. The van der Waals surface area contributed by atoms with Crippen LogP contribution in [0.5, 0.6) is 0 Å². The summed E-state index contributed by atoms with van der Waals surface area (Å²) in [5.74, 6) is 0. The Morgan fingerprint density at radius 3 is 2.46 bits per heavy atom. The van der Waals surface area contributed by atoms with E-state index in [0.29, 0.717) is 5.56 Å². The van der Waals surface area contributed by atoms with E-state index in [1.165, 1.54) is 13.2 Å². The third-order valence-electron chi connectivity index (χ3n) is 3.52. The summed E-state index contributed by atoms with van der Waals surface area (Å²) in [5, 5.41) is 14.5. The smallest absolute Gasteiger partial charge is 0.389 e. The first-order valence-corrected chi connectivity index (χ1v) is 7.42. The van der Waals surface area contributed by atoms with E-state index in [4.69, 9.17) is 4.74 Å². The van der Waals surface area contributed by atoms with Crippen molar-refractivity contribution in [2.24, 2.45) is 0 Å². The number of aliphatic hydroxyl groups excluding tert-OH is 1. The van der Waals surface area contributed by atoms with E-state index in [1.807, 2.05) is 0 Å². The number of carbonyl (C=O) groups is 1. The van der Waals surface area contributed by atoms with E-state index >= 15 is 0 Å². The van der Waals surface area contributed by atoms with Gasteiger partial charge in [-0.15, -0.1) is 0 Å². The van der Waals surface area contributed by atoms with Crippen LogP contribution >= 0.6 is 0 Å². The molecule has 0 radical (unpaired) electrons. The highest BCUT2D eigenvalue weighted by Gasteiger charge is 2.32. The number of amides is 2. The molecule has 1 unspecified atom stereocenters. The second-order valence-electron chi connectivity index (χ2n) is 6.14. The number of aliphatic hydroxyl groups is 1. The lowest BCUT2D eigenvalue weighted by molar-refractivity contribution is -0.137. The Balaban J connectivity index is 2.62. The number of nitrogens with one attached hydrogen (secondary N) is 2. The number of alkyl halides is 3. The summed E-state index contributed by atoms with van der Waals surface area (Å²) in [4.78, 5) is 11.7. The molecule has 1 aromatic carbocycles. The molecule has 1 atom stereocenters. The number of hydrogen-bond donors (Lipinski definition) is 3. The Morgan fingerprint density at radius 2 is 1.88 bits per heavy atom. The van der Waals surface area contributed by atoms with E-state index in [0.717, 1.165) is 12.1 Å². The number of ether oxygens (including phenoxy) is 1. The standard InChI is InChI=1S/C16H23F3N2O3/c1-15(2,10-21-14(23)20-8-13(22)9-24-3)11-5-4-6-12(7-11)16(17,18)19/h4-7,13,22H,8-10H2,1-3H3,(H2,20,21,23). The van der Waals surface area contributed by atoms with Gasteiger partial charge in [-0.1, -0.05) is 32.0 Å². The van der Waals surface area contributed by atoms with Crippen molar-refractivity contribution in [3.8, 4) is 0 Å². The summed E-state index contributed by atoms with van der Waals surface area (Å²) in [7, 11) is 1.43. The Morgan fingerprint density at radius 1 is 1.25 bits per heavy atom. The van der Waals surface area contributed by atoms with E-state index in [2.05, 4.69) is 10.6 Å². The molecule has 1 aromatic rings. The molecule has 0 bridgehead atoms. The van der Waals surface area contributed by atoms with Crippen LogP contribution in [0.3, 0.4) is 0 Å². The number of urea groups is 1. The van der Waals surface area contributed by atoms with E-state index in [9.17, 15) is 23.1 Å². The van der Waals surface area contributed by atoms with Crippen LogP contribution in [0.15, 0.2) is 24.3 Å². The third-order valence-corrected chi connectivity index (χ3v) is 3.52. The van der Waals surface area contributed by atoms with Crippen molar-refractivity contribution in [3.05, 3.63) is 35.4 Å². The lowest BCUT2D eigenvalue weighted by atomic mass is 9.84. The predicted molar refractivity (Wildman–Crippen MR) is 83.8 cm³/mol. The molecule has 2 amide bonds. The molecule has 3 N–H and O–H groups in total. The minimum Gasteiger partial charge on any atom is -0.389 e. The van der Waals surface area contributed by atoms with E-state index in [1.54, 1.807) is 19.9 Å². The Labute approximate surface area is 139 Å². The van der Waals surface area contributed by atoms with Crippen LogP contribution in [-0.4, -0.2) is 44.0 Å². The van der Waals surface area contributed by atoms with Gasteiger partial charge in [0.2, 0.25) is 0 Å². The normalized spacial score (nSPS) is 13.5. The monoisotopic (exact) mass is 348 g/mol. The maximum absolute atomic E-state index is 12.8. The molecule has 24 heavy (non-hydrogen) atoms. The summed E-state index contributed by atoms with van der Waals surface area (Å²) in [6.45, 7) is 3.73. The molecule has 0 aliphatic heterocycles. The van der Waals surface area contributed by atoms with Crippen molar-refractivity contribution >= 4 is 6.03 Å². The lowest BCUT2D eigenvalue weighted by Crippen LogP contribution is -2.45. The highest BCUT2D eigenvalue weighted by Crippen LogP contribution is 2.32. The third kappa shape index (κ3) is 6.37. The zero-order chi connectivity index (χ0) is 18.4. The van der Waals surface area contributed by atoms with Crippen LogP contribution in [0.4, 0.5) is 18.0 Å². The van der Waals surface area contributed by atoms with Gasteiger partial charge in [0, 0.05) is 25.6 Å². The minimum atomic E-state index is -4.41. The molecule has 0 saturated carbocycles. The quantitative estimate of drug-likeness (QED) is 0.708. The molecule has 0 fully saturated rings. The number of methoxy groups -OCH3 is 1. The topological polar surface area (TPSA) is 70.6 Å². The zero-order valence-corrected chi connectivity index (χ0v) is 13.9. The second-order valence-corrected chi connectivity index (χ2v) is 6.14. The van der Waals surface area contributed by atoms with Crippen LogP contribution in [0.25, 0.3) is 0 Å².